The number of carbonyl (C=O) groups excluding carboxylic acids is 1. The summed E-state index contributed by atoms with van der Waals surface area (Å²) in [7, 11) is 0. The minimum Gasteiger partial charge on any atom is -0.340 e. The van der Waals surface area contributed by atoms with Crippen LogP contribution in [-0.2, 0) is 17.8 Å². The van der Waals surface area contributed by atoms with Crippen LogP contribution in [0.5, 0.6) is 0 Å². The zero-order valence-electron chi connectivity index (χ0n) is 17.3. The minimum atomic E-state index is -0.169. The lowest BCUT2D eigenvalue weighted by molar-refractivity contribution is -0.120. The Morgan fingerprint density at radius 1 is 1.09 bits per heavy atom. The van der Waals surface area contributed by atoms with Gasteiger partial charge in [0.25, 0.3) is 0 Å². The Bertz CT molecular complexity index is 1310. The van der Waals surface area contributed by atoms with Crippen LogP contribution in [-0.4, -0.2) is 16.7 Å². The van der Waals surface area contributed by atoms with E-state index in [1.165, 1.54) is 0 Å². The lowest BCUT2D eigenvalue weighted by Gasteiger charge is -2.10. The van der Waals surface area contributed by atoms with Crippen molar-refractivity contribution in [1.29, 1.82) is 0 Å². The van der Waals surface area contributed by atoms with E-state index in [0.717, 1.165) is 37.8 Å². The van der Waals surface area contributed by atoms with E-state index < -0.39 is 0 Å². The lowest BCUT2D eigenvalue weighted by atomic mass is 10.1. The first-order chi connectivity index (χ1) is 15.4. The zero-order chi connectivity index (χ0) is 22.7. The fourth-order valence-electron chi connectivity index (χ4n) is 3.64. The standard InChI is InChI=1S/C25H20BrCl2N3O/c1-16-22(14-29-30-25(32)12-17-6-9-19(26)10-7-17)21-4-2-3-5-24(21)31(16)15-18-8-11-20(27)13-23(18)28/h2-11,13-14H,12,15H2,1H3,(H,30,32)/b29-14-. The molecule has 0 aliphatic heterocycles. The summed E-state index contributed by atoms with van der Waals surface area (Å²) < 4.78 is 3.17. The van der Waals surface area contributed by atoms with Crippen LogP contribution in [0.25, 0.3) is 10.9 Å². The number of para-hydroxylation sites is 1. The van der Waals surface area contributed by atoms with Crippen molar-refractivity contribution in [2.75, 3.05) is 0 Å². The summed E-state index contributed by atoms with van der Waals surface area (Å²) in [5, 5.41) is 6.52. The van der Waals surface area contributed by atoms with Gasteiger partial charge in [-0.1, -0.05) is 75.5 Å². The van der Waals surface area contributed by atoms with E-state index in [-0.39, 0.29) is 12.3 Å². The van der Waals surface area contributed by atoms with Gasteiger partial charge in [-0.3, -0.25) is 4.79 Å². The number of hydrogen-bond donors (Lipinski definition) is 1. The average Bonchev–Trinajstić information content (AvgIpc) is 3.03. The van der Waals surface area contributed by atoms with Gasteiger partial charge in [-0.2, -0.15) is 5.10 Å². The molecule has 1 amide bonds. The van der Waals surface area contributed by atoms with Crippen molar-refractivity contribution in [1.82, 2.24) is 9.99 Å². The van der Waals surface area contributed by atoms with E-state index in [1.54, 1.807) is 12.3 Å². The molecule has 0 aliphatic rings. The Labute approximate surface area is 205 Å². The second-order valence-corrected chi connectivity index (χ2v) is 9.19. The SMILES string of the molecule is Cc1c(/C=N\NC(=O)Cc2ccc(Br)cc2)c2ccccc2n1Cc1ccc(Cl)cc1Cl. The predicted octanol–water partition coefficient (Wildman–Crippen LogP) is 6.76. The average molecular weight is 529 g/mol. The molecule has 1 heterocycles. The Hall–Kier alpha value is -2.60. The first-order valence-corrected chi connectivity index (χ1v) is 11.6. The zero-order valence-corrected chi connectivity index (χ0v) is 20.4. The van der Waals surface area contributed by atoms with Crippen LogP contribution in [0, 0.1) is 6.92 Å². The summed E-state index contributed by atoms with van der Waals surface area (Å²) in [5.41, 5.74) is 7.59. The van der Waals surface area contributed by atoms with Crippen molar-refractivity contribution in [2.24, 2.45) is 5.10 Å². The largest absolute Gasteiger partial charge is 0.340 e. The first kappa shape index (κ1) is 22.6. The molecule has 0 spiro atoms. The first-order valence-electron chi connectivity index (χ1n) is 10.0. The Morgan fingerprint density at radius 3 is 2.59 bits per heavy atom. The topological polar surface area (TPSA) is 46.4 Å². The number of carbonyl (C=O) groups is 1. The van der Waals surface area contributed by atoms with Gasteiger partial charge in [-0.25, -0.2) is 5.43 Å². The molecule has 0 radical (unpaired) electrons. The summed E-state index contributed by atoms with van der Waals surface area (Å²) in [6, 6.07) is 21.3. The molecule has 4 rings (SSSR count). The second-order valence-electron chi connectivity index (χ2n) is 7.43. The van der Waals surface area contributed by atoms with E-state index >= 15 is 0 Å². The molecule has 3 aromatic carbocycles. The molecular formula is C25H20BrCl2N3O. The van der Waals surface area contributed by atoms with Gasteiger partial charge in [0.15, 0.2) is 0 Å². The molecule has 0 saturated carbocycles. The predicted molar refractivity (Wildman–Crippen MR) is 136 cm³/mol. The van der Waals surface area contributed by atoms with Crippen LogP contribution >= 0.6 is 39.1 Å². The van der Waals surface area contributed by atoms with Gasteiger partial charge >= 0.3 is 0 Å². The number of nitrogens with zero attached hydrogens (tertiary/aromatic N) is 2. The summed E-state index contributed by atoms with van der Waals surface area (Å²) in [5.74, 6) is -0.169. The fourth-order valence-corrected chi connectivity index (χ4v) is 4.37. The number of hydrazone groups is 1. The highest BCUT2D eigenvalue weighted by atomic mass is 79.9. The van der Waals surface area contributed by atoms with Gasteiger partial charge in [0, 0.05) is 43.2 Å². The number of rotatable bonds is 6. The van der Waals surface area contributed by atoms with Crippen molar-refractivity contribution in [3.05, 3.63) is 104 Å². The second kappa shape index (κ2) is 9.90. The van der Waals surface area contributed by atoms with Crippen LogP contribution in [0.1, 0.15) is 22.4 Å². The maximum atomic E-state index is 12.3. The maximum absolute atomic E-state index is 12.3. The van der Waals surface area contributed by atoms with Crippen molar-refractivity contribution >= 4 is 62.2 Å². The number of benzene rings is 3. The molecule has 4 nitrogen and oxygen atoms in total. The van der Waals surface area contributed by atoms with Gasteiger partial charge < -0.3 is 4.57 Å². The van der Waals surface area contributed by atoms with Crippen LogP contribution in [0.3, 0.4) is 0 Å². The van der Waals surface area contributed by atoms with E-state index in [9.17, 15) is 4.79 Å². The van der Waals surface area contributed by atoms with Crippen LogP contribution in [0.15, 0.2) is 76.3 Å². The molecule has 0 atom stereocenters. The third kappa shape index (κ3) is 5.07. The Morgan fingerprint density at radius 2 is 1.84 bits per heavy atom. The molecule has 0 saturated heterocycles. The number of hydrogen-bond acceptors (Lipinski definition) is 2. The van der Waals surface area contributed by atoms with Gasteiger partial charge in [-0.15, -0.1) is 0 Å². The smallest absolute Gasteiger partial charge is 0.244 e. The van der Waals surface area contributed by atoms with Crippen LogP contribution in [0.4, 0.5) is 0 Å². The number of nitrogens with one attached hydrogen (secondary N) is 1. The molecule has 1 aromatic heterocycles. The highest BCUT2D eigenvalue weighted by Gasteiger charge is 2.14. The van der Waals surface area contributed by atoms with Crippen molar-refractivity contribution in [3.8, 4) is 0 Å². The highest BCUT2D eigenvalue weighted by molar-refractivity contribution is 9.10. The molecule has 162 valence electrons. The lowest BCUT2D eigenvalue weighted by Crippen LogP contribution is -2.19. The molecule has 0 aliphatic carbocycles. The third-order valence-electron chi connectivity index (χ3n) is 5.28. The minimum absolute atomic E-state index is 0.169. The molecule has 7 heteroatoms. The monoisotopic (exact) mass is 527 g/mol. The summed E-state index contributed by atoms with van der Waals surface area (Å²) >= 11 is 15.9. The van der Waals surface area contributed by atoms with E-state index in [0.29, 0.717) is 16.6 Å². The van der Waals surface area contributed by atoms with Crippen LogP contribution in [0.2, 0.25) is 10.0 Å². The van der Waals surface area contributed by atoms with E-state index in [1.807, 2.05) is 61.5 Å². The van der Waals surface area contributed by atoms with Gasteiger partial charge in [0.05, 0.1) is 12.6 Å². The summed E-state index contributed by atoms with van der Waals surface area (Å²) in [6.45, 7) is 2.64. The normalized spacial score (nSPS) is 11.4. The summed E-state index contributed by atoms with van der Waals surface area (Å²) in [6.07, 6.45) is 1.97. The molecule has 1 N–H and O–H groups in total. The van der Waals surface area contributed by atoms with Gasteiger partial charge in [0.2, 0.25) is 5.91 Å². The van der Waals surface area contributed by atoms with E-state index in [4.69, 9.17) is 23.2 Å². The van der Waals surface area contributed by atoms with Crippen molar-refractivity contribution < 1.29 is 4.79 Å². The van der Waals surface area contributed by atoms with Gasteiger partial charge in [-0.05, 0) is 48.4 Å². The molecule has 32 heavy (non-hydrogen) atoms. The Balaban J connectivity index is 1.57. The fraction of sp³-hybridized carbons (Fsp3) is 0.120. The molecule has 0 unspecified atom stereocenters. The third-order valence-corrected chi connectivity index (χ3v) is 6.40. The van der Waals surface area contributed by atoms with Gasteiger partial charge in [0.1, 0.15) is 0 Å². The highest BCUT2D eigenvalue weighted by Crippen LogP contribution is 2.28. The number of amides is 1. The molecule has 4 aromatic rings. The number of fused-ring (bicyclic) bond motifs is 1. The summed E-state index contributed by atoms with van der Waals surface area (Å²) in [4.78, 5) is 12.3. The Kier molecular flexibility index (Phi) is 6.99. The molecular weight excluding hydrogens is 509 g/mol. The van der Waals surface area contributed by atoms with Crippen LogP contribution < -0.4 is 5.43 Å². The maximum Gasteiger partial charge on any atom is 0.244 e. The molecule has 0 bridgehead atoms. The number of aromatic nitrogens is 1. The quantitative estimate of drug-likeness (QED) is 0.218. The van der Waals surface area contributed by atoms with Crippen molar-refractivity contribution in [2.45, 2.75) is 19.9 Å². The number of halogens is 3. The van der Waals surface area contributed by atoms with E-state index in [2.05, 4.69) is 37.1 Å². The van der Waals surface area contributed by atoms with Crippen molar-refractivity contribution in [3.63, 3.8) is 0 Å². The molecule has 0 fully saturated rings.